The Kier molecular flexibility index (Phi) is 4.14. The van der Waals surface area contributed by atoms with E-state index in [1.54, 1.807) is 0 Å². The summed E-state index contributed by atoms with van der Waals surface area (Å²) in [5, 5.41) is 5.40. The number of nitrogens with one attached hydrogen (secondary N) is 1. The second kappa shape index (κ2) is 5.41. The number of ether oxygens (including phenoxy) is 1. The Morgan fingerprint density at radius 3 is 3.19 bits per heavy atom. The van der Waals surface area contributed by atoms with Gasteiger partial charge in [-0.15, -0.1) is 0 Å². The van der Waals surface area contributed by atoms with Gasteiger partial charge in [-0.05, 0) is 26.2 Å². The maximum Gasteiger partial charge on any atom is 0.157 e. The number of hydrogen-bond donors (Lipinski definition) is 1. The Balaban J connectivity index is 1.81. The van der Waals surface area contributed by atoms with Gasteiger partial charge in [-0.2, -0.15) is 0 Å². The highest BCUT2D eigenvalue weighted by atomic mass is 32.2. The number of aliphatic imine (C=N–C) groups is 1. The van der Waals surface area contributed by atoms with Crippen molar-refractivity contribution >= 4 is 16.9 Å². The van der Waals surface area contributed by atoms with E-state index < -0.39 is 0 Å². The minimum Gasteiger partial charge on any atom is -0.379 e. The lowest BCUT2D eigenvalue weighted by atomic mass is 9.95. The molecule has 1 fully saturated rings. The molecule has 3 nitrogen and oxygen atoms in total. The standard InChI is InChI=1S/C12H22N2OS/c1-3-5-10-8-13-11(16-10)14-12(2)6-4-7-15-9-12/h10H,3-9H2,1-2H3,(H,13,14). The second-order valence-corrected chi connectivity index (χ2v) is 6.31. The molecule has 0 aliphatic carbocycles. The van der Waals surface area contributed by atoms with Crippen LogP contribution in [0.2, 0.25) is 0 Å². The topological polar surface area (TPSA) is 33.6 Å². The van der Waals surface area contributed by atoms with E-state index in [-0.39, 0.29) is 5.54 Å². The van der Waals surface area contributed by atoms with E-state index in [0.717, 1.165) is 31.3 Å². The van der Waals surface area contributed by atoms with Crippen LogP contribution >= 0.6 is 11.8 Å². The number of rotatable bonds is 3. The smallest absolute Gasteiger partial charge is 0.157 e. The van der Waals surface area contributed by atoms with Gasteiger partial charge < -0.3 is 10.1 Å². The summed E-state index contributed by atoms with van der Waals surface area (Å²) >= 11 is 1.91. The van der Waals surface area contributed by atoms with E-state index in [2.05, 4.69) is 24.2 Å². The highest BCUT2D eigenvalue weighted by Gasteiger charge is 2.30. The fourth-order valence-corrected chi connectivity index (χ4v) is 3.52. The molecule has 1 saturated heterocycles. The lowest BCUT2D eigenvalue weighted by Crippen LogP contribution is -2.50. The van der Waals surface area contributed by atoms with Gasteiger partial charge in [0, 0.05) is 11.9 Å². The molecule has 0 saturated carbocycles. The van der Waals surface area contributed by atoms with E-state index in [0.29, 0.717) is 5.25 Å². The fraction of sp³-hybridized carbons (Fsp3) is 0.917. The largest absolute Gasteiger partial charge is 0.379 e. The van der Waals surface area contributed by atoms with E-state index in [9.17, 15) is 0 Å². The van der Waals surface area contributed by atoms with Crippen molar-refractivity contribution in [2.45, 2.75) is 50.3 Å². The third kappa shape index (κ3) is 3.14. The van der Waals surface area contributed by atoms with E-state index in [1.165, 1.54) is 19.3 Å². The molecule has 0 spiro atoms. The van der Waals surface area contributed by atoms with Gasteiger partial charge in [0.15, 0.2) is 5.17 Å². The van der Waals surface area contributed by atoms with Crippen molar-refractivity contribution in [1.29, 1.82) is 0 Å². The van der Waals surface area contributed by atoms with Crippen LogP contribution in [0.5, 0.6) is 0 Å². The maximum absolute atomic E-state index is 5.54. The second-order valence-electron chi connectivity index (χ2n) is 5.02. The van der Waals surface area contributed by atoms with Crippen LogP contribution in [-0.4, -0.2) is 35.7 Å². The van der Waals surface area contributed by atoms with Gasteiger partial charge in [-0.3, -0.25) is 4.99 Å². The molecule has 2 heterocycles. The molecular weight excluding hydrogens is 220 g/mol. The molecule has 0 amide bonds. The Hall–Kier alpha value is -0.220. The first kappa shape index (κ1) is 12.2. The molecule has 2 aliphatic heterocycles. The summed E-state index contributed by atoms with van der Waals surface area (Å²) in [4.78, 5) is 4.59. The molecule has 0 aromatic heterocycles. The van der Waals surface area contributed by atoms with E-state index >= 15 is 0 Å². The SMILES string of the molecule is CCCC1CN=C(NC2(C)CCCOC2)S1. The van der Waals surface area contributed by atoms with Crippen LogP contribution in [0.1, 0.15) is 39.5 Å². The molecule has 2 aliphatic rings. The molecule has 92 valence electrons. The summed E-state index contributed by atoms with van der Waals surface area (Å²) in [5.74, 6) is 0. The zero-order valence-corrected chi connectivity index (χ0v) is 11.1. The van der Waals surface area contributed by atoms with Gasteiger partial charge in [0.25, 0.3) is 0 Å². The van der Waals surface area contributed by atoms with Crippen LogP contribution in [0.3, 0.4) is 0 Å². The highest BCUT2D eigenvalue weighted by molar-refractivity contribution is 8.14. The van der Waals surface area contributed by atoms with Crippen molar-refractivity contribution in [3.63, 3.8) is 0 Å². The molecule has 2 unspecified atom stereocenters. The molecule has 1 N–H and O–H groups in total. The first-order valence-electron chi connectivity index (χ1n) is 6.29. The minimum atomic E-state index is 0.102. The van der Waals surface area contributed by atoms with Crippen LogP contribution in [0, 0.1) is 0 Å². The molecule has 0 aromatic rings. The van der Waals surface area contributed by atoms with E-state index in [4.69, 9.17) is 4.74 Å². The first-order valence-corrected chi connectivity index (χ1v) is 7.17. The summed E-state index contributed by atoms with van der Waals surface area (Å²) in [7, 11) is 0. The number of nitrogens with zero attached hydrogens (tertiary/aromatic N) is 1. The molecule has 0 radical (unpaired) electrons. The third-order valence-electron chi connectivity index (χ3n) is 3.17. The monoisotopic (exact) mass is 242 g/mol. The molecule has 2 rings (SSSR count). The maximum atomic E-state index is 5.54. The van der Waals surface area contributed by atoms with Crippen molar-refractivity contribution in [1.82, 2.24) is 5.32 Å². The van der Waals surface area contributed by atoms with Gasteiger partial charge in [0.1, 0.15) is 0 Å². The number of amidine groups is 1. The summed E-state index contributed by atoms with van der Waals surface area (Å²) < 4.78 is 5.54. The lowest BCUT2D eigenvalue weighted by Gasteiger charge is -2.34. The molecular formula is C12H22N2OS. The summed E-state index contributed by atoms with van der Waals surface area (Å²) in [6.07, 6.45) is 4.86. The van der Waals surface area contributed by atoms with Crippen LogP contribution < -0.4 is 5.32 Å². The zero-order chi connectivity index (χ0) is 11.4. The van der Waals surface area contributed by atoms with Gasteiger partial charge >= 0.3 is 0 Å². The predicted octanol–water partition coefficient (Wildman–Crippen LogP) is 2.42. The summed E-state index contributed by atoms with van der Waals surface area (Å²) in [6.45, 7) is 7.18. The Morgan fingerprint density at radius 1 is 1.62 bits per heavy atom. The van der Waals surface area contributed by atoms with Gasteiger partial charge in [-0.1, -0.05) is 25.1 Å². The van der Waals surface area contributed by atoms with Crippen molar-refractivity contribution in [2.24, 2.45) is 4.99 Å². The Labute approximate surface area is 102 Å². The fourth-order valence-electron chi connectivity index (χ4n) is 2.25. The summed E-state index contributed by atoms with van der Waals surface area (Å²) in [6, 6.07) is 0. The number of thioether (sulfide) groups is 1. The lowest BCUT2D eigenvalue weighted by molar-refractivity contribution is 0.0375. The highest BCUT2D eigenvalue weighted by Crippen LogP contribution is 2.26. The Bertz CT molecular complexity index is 262. The molecule has 2 atom stereocenters. The van der Waals surface area contributed by atoms with Gasteiger partial charge in [0.2, 0.25) is 0 Å². The van der Waals surface area contributed by atoms with Crippen LogP contribution in [0.25, 0.3) is 0 Å². The third-order valence-corrected chi connectivity index (χ3v) is 4.35. The van der Waals surface area contributed by atoms with Gasteiger partial charge in [-0.25, -0.2) is 0 Å². The molecule has 4 heteroatoms. The number of hydrogen-bond acceptors (Lipinski definition) is 4. The Morgan fingerprint density at radius 2 is 2.50 bits per heavy atom. The average molecular weight is 242 g/mol. The molecule has 16 heavy (non-hydrogen) atoms. The van der Waals surface area contributed by atoms with Crippen LogP contribution in [-0.2, 0) is 4.74 Å². The van der Waals surface area contributed by atoms with Crippen LogP contribution in [0.4, 0.5) is 0 Å². The first-order chi connectivity index (χ1) is 7.72. The normalized spacial score (nSPS) is 34.9. The quantitative estimate of drug-likeness (QED) is 0.825. The van der Waals surface area contributed by atoms with Crippen molar-refractivity contribution < 1.29 is 4.74 Å². The average Bonchev–Trinajstić information content (AvgIpc) is 2.66. The van der Waals surface area contributed by atoms with Crippen LogP contribution in [0.15, 0.2) is 4.99 Å². The van der Waals surface area contributed by atoms with Crippen molar-refractivity contribution in [3.05, 3.63) is 0 Å². The van der Waals surface area contributed by atoms with E-state index in [1.807, 2.05) is 11.8 Å². The zero-order valence-electron chi connectivity index (χ0n) is 10.3. The van der Waals surface area contributed by atoms with Crippen molar-refractivity contribution in [2.75, 3.05) is 19.8 Å². The minimum absolute atomic E-state index is 0.102. The van der Waals surface area contributed by atoms with Crippen molar-refractivity contribution in [3.8, 4) is 0 Å². The molecule has 0 bridgehead atoms. The predicted molar refractivity (Wildman–Crippen MR) is 70.2 cm³/mol. The van der Waals surface area contributed by atoms with Gasteiger partial charge in [0.05, 0.1) is 18.7 Å². The summed E-state index contributed by atoms with van der Waals surface area (Å²) in [5.41, 5.74) is 0.102. The molecule has 0 aromatic carbocycles.